The summed E-state index contributed by atoms with van der Waals surface area (Å²) >= 11 is 0. The lowest BCUT2D eigenvalue weighted by Crippen LogP contribution is -2.20. The maximum Gasteiger partial charge on any atom is 0.351 e. The molecular weight excluding hydrogens is 396 g/mol. The van der Waals surface area contributed by atoms with Gasteiger partial charge in [0.2, 0.25) is 6.10 Å². The fourth-order valence-electron chi connectivity index (χ4n) is 3.35. The van der Waals surface area contributed by atoms with E-state index < -0.39 is 17.7 Å². The average Bonchev–Trinajstić information content (AvgIpc) is 2.82. The molecule has 6 heteroatoms. The Morgan fingerprint density at radius 1 is 0.871 bits per heavy atom. The van der Waals surface area contributed by atoms with E-state index in [9.17, 15) is 9.59 Å². The standard InChI is InChI=1S/C25H20O6/c1-28-18-10-8-16(9-11-18)21-15-23(26)31-22-14-19(12-13-20(21)22)30-24(25(27)29-2)17-6-4-3-5-7-17/h3-15,24H,1-2H3/t24-/m0/s1. The highest BCUT2D eigenvalue weighted by molar-refractivity contribution is 5.93. The highest BCUT2D eigenvalue weighted by atomic mass is 16.6. The number of benzene rings is 3. The second-order valence-electron chi connectivity index (χ2n) is 6.80. The number of ether oxygens (including phenoxy) is 3. The Hall–Kier alpha value is -4.06. The van der Waals surface area contributed by atoms with Gasteiger partial charge in [0.15, 0.2) is 0 Å². The molecule has 0 aliphatic heterocycles. The maximum atomic E-state index is 12.3. The summed E-state index contributed by atoms with van der Waals surface area (Å²) in [7, 11) is 2.91. The molecule has 0 aliphatic carbocycles. The molecule has 6 nitrogen and oxygen atoms in total. The molecule has 0 N–H and O–H groups in total. The Morgan fingerprint density at radius 2 is 1.58 bits per heavy atom. The van der Waals surface area contributed by atoms with E-state index in [1.54, 1.807) is 37.4 Å². The summed E-state index contributed by atoms with van der Waals surface area (Å²) in [4.78, 5) is 24.5. The molecular formula is C25H20O6. The first-order chi connectivity index (χ1) is 15.1. The van der Waals surface area contributed by atoms with Crippen molar-refractivity contribution in [1.29, 1.82) is 0 Å². The molecule has 4 rings (SSSR count). The van der Waals surface area contributed by atoms with Crippen molar-refractivity contribution in [2.75, 3.05) is 14.2 Å². The van der Waals surface area contributed by atoms with Crippen LogP contribution in [-0.4, -0.2) is 20.2 Å². The molecule has 4 aromatic rings. The first kappa shape index (κ1) is 20.2. The molecule has 0 amide bonds. The predicted molar refractivity (Wildman–Crippen MR) is 116 cm³/mol. The molecule has 0 spiro atoms. The van der Waals surface area contributed by atoms with Gasteiger partial charge in [-0.1, -0.05) is 42.5 Å². The SMILES string of the molecule is COC(=O)[C@@H](Oc1ccc2c(-c3ccc(OC)cc3)cc(=O)oc2c1)c1ccccc1. The molecule has 1 aromatic heterocycles. The third-order valence-corrected chi connectivity index (χ3v) is 4.89. The number of carbonyl (C=O) groups excluding carboxylic acids is 1. The van der Waals surface area contributed by atoms with E-state index in [0.717, 1.165) is 22.3 Å². The van der Waals surface area contributed by atoms with Crippen LogP contribution in [-0.2, 0) is 9.53 Å². The summed E-state index contributed by atoms with van der Waals surface area (Å²) in [6.07, 6.45) is -0.944. The van der Waals surface area contributed by atoms with Gasteiger partial charge >= 0.3 is 11.6 Å². The van der Waals surface area contributed by atoms with Crippen LogP contribution in [0.3, 0.4) is 0 Å². The lowest BCUT2D eigenvalue weighted by molar-refractivity contribution is -0.149. The van der Waals surface area contributed by atoms with Crippen molar-refractivity contribution in [3.63, 3.8) is 0 Å². The summed E-state index contributed by atoms with van der Waals surface area (Å²) < 4.78 is 21.4. The molecule has 1 atom stereocenters. The quantitative estimate of drug-likeness (QED) is 0.333. The second kappa shape index (κ2) is 8.75. The molecule has 0 aliphatic rings. The van der Waals surface area contributed by atoms with E-state index in [0.29, 0.717) is 16.9 Å². The van der Waals surface area contributed by atoms with Gasteiger partial charge in [0.1, 0.15) is 17.1 Å². The molecule has 3 aromatic carbocycles. The van der Waals surface area contributed by atoms with Gasteiger partial charge in [-0.3, -0.25) is 0 Å². The van der Waals surface area contributed by atoms with E-state index in [-0.39, 0.29) is 0 Å². The average molecular weight is 416 g/mol. The Morgan fingerprint density at radius 3 is 2.26 bits per heavy atom. The van der Waals surface area contributed by atoms with Crippen LogP contribution in [0, 0.1) is 0 Å². The third kappa shape index (κ3) is 4.28. The zero-order chi connectivity index (χ0) is 21.8. The van der Waals surface area contributed by atoms with Crippen molar-refractivity contribution in [3.8, 4) is 22.6 Å². The minimum Gasteiger partial charge on any atom is -0.497 e. The molecule has 0 radical (unpaired) electrons. The molecule has 0 bridgehead atoms. The Kier molecular flexibility index (Phi) is 5.71. The van der Waals surface area contributed by atoms with Crippen molar-refractivity contribution in [1.82, 2.24) is 0 Å². The number of hydrogen-bond donors (Lipinski definition) is 0. The summed E-state index contributed by atoms with van der Waals surface area (Å²) in [6.45, 7) is 0. The van der Waals surface area contributed by atoms with Gasteiger partial charge in [0.25, 0.3) is 0 Å². The second-order valence-corrected chi connectivity index (χ2v) is 6.80. The summed E-state index contributed by atoms with van der Waals surface area (Å²) in [5.41, 5.74) is 2.11. The Balaban J connectivity index is 1.74. The topological polar surface area (TPSA) is 75.0 Å². The monoisotopic (exact) mass is 416 g/mol. The van der Waals surface area contributed by atoms with E-state index in [1.807, 2.05) is 42.5 Å². The van der Waals surface area contributed by atoms with E-state index >= 15 is 0 Å². The molecule has 31 heavy (non-hydrogen) atoms. The van der Waals surface area contributed by atoms with Crippen LogP contribution in [0.4, 0.5) is 0 Å². The maximum absolute atomic E-state index is 12.3. The highest BCUT2D eigenvalue weighted by Crippen LogP contribution is 2.32. The zero-order valence-electron chi connectivity index (χ0n) is 17.0. The van der Waals surface area contributed by atoms with E-state index in [4.69, 9.17) is 18.6 Å². The molecule has 0 unspecified atom stereocenters. The largest absolute Gasteiger partial charge is 0.497 e. The normalized spacial score (nSPS) is 11.7. The first-order valence-corrected chi connectivity index (χ1v) is 9.61. The minimum atomic E-state index is -0.944. The number of hydrogen-bond acceptors (Lipinski definition) is 6. The van der Waals surface area contributed by atoms with Crippen molar-refractivity contribution < 1.29 is 23.4 Å². The molecule has 156 valence electrons. The fourth-order valence-corrected chi connectivity index (χ4v) is 3.35. The smallest absolute Gasteiger partial charge is 0.351 e. The van der Waals surface area contributed by atoms with Crippen LogP contribution < -0.4 is 15.1 Å². The molecule has 0 fully saturated rings. The van der Waals surface area contributed by atoms with Gasteiger partial charge in [0.05, 0.1) is 14.2 Å². The van der Waals surface area contributed by atoms with Crippen molar-refractivity contribution in [3.05, 3.63) is 94.8 Å². The van der Waals surface area contributed by atoms with Gasteiger partial charge in [-0.05, 0) is 35.4 Å². The first-order valence-electron chi connectivity index (χ1n) is 9.61. The van der Waals surface area contributed by atoms with Gasteiger partial charge < -0.3 is 18.6 Å². The molecule has 0 saturated heterocycles. The lowest BCUT2D eigenvalue weighted by Gasteiger charge is -2.17. The minimum absolute atomic E-state index is 0.354. The van der Waals surface area contributed by atoms with E-state index in [1.165, 1.54) is 13.2 Å². The summed E-state index contributed by atoms with van der Waals surface area (Å²) in [5.74, 6) is 0.572. The predicted octanol–water partition coefficient (Wildman–Crippen LogP) is 4.76. The summed E-state index contributed by atoms with van der Waals surface area (Å²) in [5, 5.41) is 0.742. The van der Waals surface area contributed by atoms with Crippen LogP contribution in [0.2, 0.25) is 0 Å². The summed E-state index contributed by atoms with van der Waals surface area (Å²) in [6, 6.07) is 23.0. The van der Waals surface area contributed by atoms with Gasteiger partial charge in [-0.15, -0.1) is 0 Å². The van der Waals surface area contributed by atoms with Gasteiger partial charge in [-0.25, -0.2) is 9.59 Å². The number of fused-ring (bicyclic) bond motifs is 1. The van der Waals surface area contributed by atoms with E-state index in [2.05, 4.69) is 0 Å². The van der Waals surface area contributed by atoms with Crippen LogP contribution in [0.25, 0.3) is 22.1 Å². The van der Waals surface area contributed by atoms with Crippen LogP contribution in [0.5, 0.6) is 11.5 Å². The number of esters is 1. The van der Waals surface area contributed by atoms with Crippen LogP contribution >= 0.6 is 0 Å². The Labute approximate surface area is 178 Å². The van der Waals surface area contributed by atoms with Crippen molar-refractivity contribution >= 4 is 16.9 Å². The lowest BCUT2D eigenvalue weighted by atomic mass is 10.0. The van der Waals surface area contributed by atoms with Gasteiger partial charge in [-0.2, -0.15) is 0 Å². The van der Waals surface area contributed by atoms with Crippen molar-refractivity contribution in [2.45, 2.75) is 6.10 Å². The van der Waals surface area contributed by atoms with Crippen LogP contribution in [0.1, 0.15) is 11.7 Å². The van der Waals surface area contributed by atoms with Gasteiger partial charge in [0, 0.05) is 23.1 Å². The molecule has 0 saturated carbocycles. The fraction of sp³-hybridized carbons (Fsp3) is 0.120. The third-order valence-electron chi connectivity index (χ3n) is 4.89. The van der Waals surface area contributed by atoms with Crippen molar-refractivity contribution in [2.24, 2.45) is 0 Å². The zero-order valence-corrected chi connectivity index (χ0v) is 17.0. The number of methoxy groups -OCH3 is 2. The Bertz CT molecular complexity index is 1260. The number of carbonyl (C=O) groups is 1. The number of rotatable bonds is 6. The highest BCUT2D eigenvalue weighted by Gasteiger charge is 2.23. The molecule has 1 heterocycles. The van der Waals surface area contributed by atoms with Crippen LogP contribution in [0.15, 0.2) is 88.1 Å².